The van der Waals surface area contributed by atoms with E-state index >= 15 is 0 Å². The van der Waals surface area contributed by atoms with Gasteiger partial charge in [-0.25, -0.2) is 0 Å². The molecule has 0 unspecified atom stereocenters. The summed E-state index contributed by atoms with van der Waals surface area (Å²) in [6.45, 7) is 6.91. The van der Waals surface area contributed by atoms with E-state index in [0.717, 1.165) is 16.9 Å². The molecule has 152 valence electrons. The number of nitrogens with one attached hydrogen (secondary N) is 1. The van der Waals surface area contributed by atoms with Gasteiger partial charge >= 0.3 is 0 Å². The van der Waals surface area contributed by atoms with Crippen molar-refractivity contribution in [2.45, 2.75) is 38.0 Å². The molecule has 3 rings (SSSR count). The third-order valence-electron chi connectivity index (χ3n) is 4.40. The molecule has 0 atom stereocenters. The smallest absolute Gasteiger partial charge is 0.277 e. The second kappa shape index (κ2) is 9.13. The van der Waals surface area contributed by atoms with Crippen molar-refractivity contribution in [3.05, 3.63) is 59.7 Å². The average Bonchev–Trinajstić information content (AvgIpc) is 3.19. The van der Waals surface area contributed by atoms with Gasteiger partial charge in [0.25, 0.3) is 5.22 Å². The highest BCUT2D eigenvalue weighted by molar-refractivity contribution is 7.99. The molecule has 0 spiro atoms. The molecule has 6 nitrogen and oxygen atoms in total. The van der Waals surface area contributed by atoms with Gasteiger partial charge in [0.05, 0.1) is 12.9 Å². The topological polar surface area (TPSA) is 77.2 Å². The Morgan fingerprint density at radius 3 is 2.52 bits per heavy atom. The van der Waals surface area contributed by atoms with Crippen LogP contribution >= 0.6 is 11.8 Å². The first-order valence-corrected chi connectivity index (χ1v) is 10.3. The summed E-state index contributed by atoms with van der Waals surface area (Å²) < 4.78 is 11.0. The number of carbonyl (C=O) groups is 1. The molecule has 0 bridgehead atoms. The van der Waals surface area contributed by atoms with Gasteiger partial charge in [-0.1, -0.05) is 62.9 Å². The number of rotatable bonds is 7. The number of thioether (sulfide) groups is 1. The Kier molecular flexibility index (Phi) is 6.59. The lowest BCUT2D eigenvalue weighted by atomic mass is 9.87. The minimum Gasteiger partial charge on any atom is -0.496 e. The molecule has 0 aliphatic carbocycles. The monoisotopic (exact) mass is 411 g/mol. The van der Waals surface area contributed by atoms with Gasteiger partial charge in [0, 0.05) is 17.7 Å². The first-order valence-electron chi connectivity index (χ1n) is 9.32. The van der Waals surface area contributed by atoms with E-state index in [1.807, 2.05) is 36.4 Å². The fourth-order valence-corrected chi connectivity index (χ4v) is 3.31. The van der Waals surface area contributed by atoms with E-state index in [4.69, 9.17) is 9.15 Å². The second-order valence-electron chi connectivity index (χ2n) is 7.58. The van der Waals surface area contributed by atoms with Crippen LogP contribution in [-0.2, 0) is 16.8 Å². The van der Waals surface area contributed by atoms with Gasteiger partial charge in [0.15, 0.2) is 0 Å². The van der Waals surface area contributed by atoms with Gasteiger partial charge in [0.2, 0.25) is 11.8 Å². The maximum atomic E-state index is 12.1. The molecule has 0 fully saturated rings. The first-order chi connectivity index (χ1) is 13.9. The summed E-state index contributed by atoms with van der Waals surface area (Å²) in [6, 6.07) is 15.7. The lowest BCUT2D eigenvalue weighted by Gasteiger charge is -2.18. The standard InChI is InChI=1S/C22H25N3O3S/c1-22(2,3)17-11-9-15(10-12-17)20-24-25-21(28-20)29-14-19(26)23-13-16-7-5-6-8-18(16)27-4/h5-12H,13-14H2,1-4H3,(H,23,26). The van der Waals surface area contributed by atoms with Gasteiger partial charge < -0.3 is 14.5 Å². The summed E-state index contributed by atoms with van der Waals surface area (Å²) in [7, 11) is 1.61. The molecule has 1 aromatic heterocycles. The minimum absolute atomic E-state index is 0.0888. The average molecular weight is 412 g/mol. The van der Waals surface area contributed by atoms with Crippen molar-refractivity contribution in [3.63, 3.8) is 0 Å². The number of hydrogen-bond donors (Lipinski definition) is 1. The number of methoxy groups -OCH3 is 1. The molecule has 29 heavy (non-hydrogen) atoms. The molecule has 1 heterocycles. The highest BCUT2D eigenvalue weighted by atomic mass is 32.2. The van der Waals surface area contributed by atoms with Crippen molar-refractivity contribution in [1.29, 1.82) is 0 Å². The van der Waals surface area contributed by atoms with E-state index < -0.39 is 0 Å². The third kappa shape index (κ3) is 5.60. The molecular weight excluding hydrogens is 386 g/mol. The van der Waals surface area contributed by atoms with Crippen LogP contribution in [0.4, 0.5) is 0 Å². The molecule has 0 saturated carbocycles. The Labute approximate surface area is 175 Å². The quantitative estimate of drug-likeness (QED) is 0.579. The van der Waals surface area contributed by atoms with Gasteiger partial charge in [-0.15, -0.1) is 10.2 Å². The number of carbonyl (C=O) groups excluding carboxylic acids is 1. The molecule has 2 aromatic carbocycles. The molecule has 1 N–H and O–H groups in total. The Morgan fingerprint density at radius 1 is 1.10 bits per heavy atom. The van der Waals surface area contributed by atoms with Crippen LogP contribution in [-0.4, -0.2) is 29.0 Å². The number of hydrogen-bond acceptors (Lipinski definition) is 6. The van der Waals surface area contributed by atoms with Crippen molar-refractivity contribution in [2.75, 3.05) is 12.9 Å². The van der Waals surface area contributed by atoms with Crippen molar-refractivity contribution < 1.29 is 13.9 Å². The Morgan fingerprint density at radius 2 is 1.83 bits per heavy atom. The zero-order valence-electron chi connectivity index (χ0n) is 17.1. The molecule has 1 amide bonds. The van der Waals surface area contributed by atoms with Gasteiger partial charge in [-0.3, -0.25) is 4.79 Å². The zero-order valence-corrected chi connectivity index (χ0v) is 17.9. The number of amides is 1. The maximum absolute atomic E-state index is 12.1. The van der Waals surface area contributed by atoms with E-state index in [9.17, 15) is 4.79 Å². The molecule has 0 radical (unpaired) electrons. The van der Waals surface area contributed by atoms with Crippen LogP contribution in [0.15, 0.2) is 58.2 Å². The number of nitrogens with zero attached hydrogens (tertiary/aromatic N) is 2. The van der Waals surface area contributed by atoms with Crippen molar-refractivity contribution in [3.8, 4) is 17.2 Å². The summed E-state index contributed by atoms with van der Waals surface area (Å²) in [6.07, 6.45) is 0. The lowest BCUT2D eigenvalue weighted by Crippen LogP contribution is -2.24. The van der Waals surface area contributed by atoms with Gasteiger partial charge in [-0.2, -0.15) is 0 Å². The van der Waals surface area contributed by atoms with E-state index in [-0.39, 0.29) is 17.1 Å². The van der Waals surface area contributed by atoms with E-state index in [0.29, 0.717) is 17.7 Å². The summed E-state index contributed by atoms with van der Waals surface area (Å²) in [5.41, 5.74) is 3.11. The number of para-hydroxylation sites is 1. The maximum Gasteiger partial charge on any atom is 0.277 e. The zero-order chi connectivity index (χ0) is 20.9. The molecular formula is C22H25N3O3S. The molecule has 3 aromatic rings. The van der Waals surface area contributed by atoms with Crippen LogP contribution in [0.3, 0.4) is 0 Å². The van der Waals surface area contributed by atoms with Crippen LogP contribution in [0.1, 0.15) is 31.9 Å². The SMILES string of the molecule is COc1ccccc1CNC(=O)CSc1nnc(-c2ccc(C(C)(C)C)cc2)o1. The fraction of sp³-hybridized carbons (Fsp3) is 0.318. The predicted molar refractivity (Wildman–Crippen MR) is 114 cm³/mol. The predicted octanol–water partition coefficient (Wildman–Crippen LogP) is 4.45. The van der Waals surface area contributed by atoms with Crippen LogP contribution < -0.4 is 10.1 Å². The summed E-state index contributed by atoms with van der Waals surface area (Å²) in [5, 5.41) is 11.4. The Bertz CT molecular complexity index is 962. The van der Waals surface area contributed by atoms with E-state index in [1.165, 1.54) is 17.3 Å². The molecule has 7 heteroatoms. The number of benzene rings is 2. The number of aromatic nitrogens is 2. The molecule has 0 aliphatic rings. The number of ether oxygens (including phenoxy) is 1. The van der Waals surface area contributed by atoms with Gasteiger partial charge in [0.1, 0.15) is 5.75 Å². The fourth-order valence-electron chi connectivity index (χ4n) is 2.72. The van der Waals surface area contributed by atoms with E-state index in [2.05, 4.69) is 48.4 Å². The van der Waals surface area contributed by atoms with Gasteiger partial charge in [-0.05, 0) is 29.2 Å². The molecule has 0 aliphatic heterocycles. The lowest BCUT2D eigenvalue weighted by molar-refractivity contribution is -0.118. The van der Waals surface area contributed by atoms with Crippen molar-refractivity contribution in [1.82, 2.24) is 15.5 Å². The Balaban J connectivity index is 1.53. The highest BCUT2D eigenvalue weighted by Gasteiger charge is 2.15. The first kappa shape index (κ1) is 20.9. The van der Waals surface area contributed by atoms with Crippen LogP contribution in [0.5, 0.6) is 5.75 Å². The van der Waals surface area contributed by atoms with Crippen LogP contribution in [0.2, 0.25) is 0 Å². The van der Waals surface area contributed by atoms with Crippen molar-refractivity contribution in [2.24, 2.45) is 0 Å². The summed E-state index contributed by atoms with van der Waals surface area (Å²) in [5.74, 6) is 1.27. The largest absolute Gasteiger partial charge is 0.496 e. The normalized spacial score (nSPS) is 11.3. The van der Waals surface area contributed by atoms with Crippen LogP contribution in [0, 0.1) is 0 Å². The highest BCUT2D eigenvalue weighted by Crippen LogP contribution is 2.27. The third-order valence-corrected chi connectivity index (χ3v) is 5.22. The minimum atomic E-state index is -0.116. The molecule has 0 saturated heterocycles. The summed E-state index contributed by atoms with van der Waals surface area (Å²) in [4.78, 5) is 12.1. The van der Waals surface area contributed by atoms with Crippen LogP contribution in [0.25, 0.3) is 11.5 Å². The Hall–Kier alpha value is -2.80. The summed E-state index contributed by atoms with van der Waals surface area (Å²) >= 11 is 1.21. The van der Waals surface area contributed by atoms with E-state index in [1.54, 1.807) is 7.11 Å². The van der Waals surface area contributed by atoms with Crippen molar-refractivity contribution >= 4 is 17.7 Å². The second-order valence-corrected chi connectivity index (χ2v) is 8.50.